The maximum Gasteiger partial charge on any atom is 0.416 e. The Morgan fingerprint density at radius 2 is 1.78 bits per heavy atom. The molecule has 1 atom stereocenters. The number of hydrogen-bond donors (Lipinski definition) is 1. The molecule has 2 fully saturated rings. The number of alkyl halides is 3. The highest BCUT2D eigenvalue weighted by atomic mass is 19.4. The Morgan fingerprint density at radius 1 is 1.11 bits per heavy atom. The molecule has 2 heterocycles. The van der Waals surface area contributed by atoms with Gasteiger partial charge >= 0.3 is 12.2 Å². The van der Waals surface area contributed by atoms with Crippen molar-refractivity contribution < 1.29 is 18.0 Å². The molecule has 1 unspecified atom stereocenters. The van der Waals surface area contributed by atoms with E-state index < -0.39 is 11.7 Å². The smallest absolute Gasteiger partial charge is 0.322 e. The van der Waals surface area contributed by atoms with Gasteiger partial charge in [0, 0.05) is 45.0 Å². The van der Waals surface area contributed by atoms with E-state index in [1.165, 1.54) is 31.5 Å². The van der Waals surface area contributed by atoms with Crippen molar-refractivity contribution in [1.82, 2.24) is 14.7 Å². The number of carbonyl (C=O) groups is 1. The monoisotopic (exact) mass is 384 g/mol. The molecular formula is C19H27F3N4O. The molecule has 0 bridgehead atoms. The number of anilines is 1. The second-order valence-corrected chi connectivity index (χ2v) is 7.56. The third-order valence-corrected chi connectivity index (χ3v) is 5.36. The molecular weight excluding hydrogens is 357 g/mol. The molecule has 2 aliphatic heterocycles. The zero-order valence-corrected chi connectivity index (χ0v) is 15.6. The highest BCUT2D eigenvalue weighted by Crippen LogP contribution is 2.29. The standard InChI is InChI=1S/C19H27F3N4O/c1-24-8-2-3-15(13-24)14-25-9-11-26(12-10-25)18(27)23-17-6-4-16(5-7-17)19(20,21)22/h4-7,15H,2-3,8-14H2,1H3,(H,23,27). The third kappa shape index (κ3) is 5.59. The molecule has 2 saturated heterocycles. The van der Waals surface area contributed by atoms with Crippen LogP contribution < -0.4 is 5.32 Å². The Morgan fingerprint density at radius 3 is 2.37 bits per heavy atom. The molecule has 1 aromatic rings. The zero-order chi connectivity index (χ0) is 19.4. The van der Waals surface area contributed by atoms with Crippen molar-refractivity contribution in [2.24, 2.45) is 5.92 Å². The normalized spacial score (nSPS) is 22.7. The van der Waals surface area contributed by atoms with Crippen molar-refractivity contribution in [3.63, 3.8) is 0 Å². The van der Waals surface area contributed by atoms with Crippen molar-refractivity contribution in [3.05, 3.63) is 29.8 Å². The SMILES string of the molecule is CN1CCCC(CN2CCN(C(=O)Nc3ccc(C(F)(F)F)cc3)CC2)C1. The van der Waals surface area contributed by atoms with Crippen LogP contribution in [0.3, 0.4) is 0 Å². The first kappa shape index (κ1) is 19.9. The lowest BCUT2D eigenvalue weighted by atomic mass is 9.97. The predicted octanol–water partition coefficient (Wildman–Crippen LogP) is 3.20. The van der Waals surface area contributed by atoms with E-state index in [9.17, 15) is 18.0 Å². The van der Waals surface area contributed by atoms with Crippen LogP contribution in [-0.2, 0) is 6.18 Å². The number of piperidine rings is 1. The van der Waals surface area contributed by atoms with Crippen molar-refractivity contribution in [2.75, 3.05) is 58.2 Å². The zero-order valence-electron chi connectivity index (χ0n) is 15.6. The summed E-state index contributed by atoms with van der Waals surface area (Å²) < 4.78 is 37.8. The lowest BCUT2D eigenvalue weighted by Gasteiger charge is -2.38. The maximum absolute atomic E-state index is 12.6. The summed E-state index contributed by atoms with van der Waals surface area (Å²) in [6.07, 6.45) is -1.86. The summed E-state index contributed by atoms with van der Waals surface area (Å²) in [5.41, 5.74) is -0.344. The van der Waals surface area contributed by atoms with E-state index in [-0.39, 0.29) is 6.03 Å². The summed E-state index contributed by atoms with van der Waals surface area (Å²) in [7, 11) is 2.16. The first-order valence-corrected chi connectivity index (χ1v) is 9.45. The minimum Gasteiger partial charge on any atom is -0.322 e. The average Bonchev–Trinajstić information content (AvgIpc) is 2.62. The van der Waals surface area contributed by atoms with Crippen LogP contribution in [0, 0.1) is 5.92 Å². The number of carbonyl (C=O) groups excluding carboxylic acids is 1. The summed E-state index contributed by atoms with van der Waals surface area (Å²) in [6.45, 7) is 6.31. The van der Waals surface area contributed by atoms with Gasteiger partial charge in [0.25, 0.3) is 0 Å². The van der Waals surface area contributed by atoms with Gasteiger partial charge in [0.05, 0.1) is 5.56 Å². The summed E-state index contributed by atoms with van der Waals surface area (Å²) in [5, 5.41) is 2.69. The van der Waals surface area contributed by atoms with Crippen LogP contribution in [0.15, 0.2) is 24.3 Å². The van der Waals surface area contributed by atoms with Gasteiger partial charge in [0.2, 0.25) is 0 Å². The molecule has 1 N–H and O–H groups in total. The number of nitrogens with one attached hydrogen (secondary N) is 1. The van der Waals surface area contributed by atoms with Gasteiger partial charge in [-0.2, -0.15) is 13.2 Å². The van der Waals surface area contributed by atoms with E-state index in [1.807, 2.05) is 0 Å². The Balaban J connectivity index is 1.44. The summed E-state index contributed by atoms with van der Waals surface area (Å²) >= 11 is 0. The van der Waals surface area contributed by atoms with Gasteiger partial charge in [-0.1, -0.05) is 0 Å². The summed E-state index contributed by atoms with van der Waals surface area (Å²) in [5.74, 6) is 0.691. The fourth-order valence-electron chi connectivity index (χ4n) is 3.87. The number of amides is 2. The number of rotatable bonds is 3. The van der Waals surface area contributed by atoms with Crippen LogP contribution in [0.4, 0.5) is 23.7 Å². The molecule has 5 nitrogen and oxygen atoms in total. The minimum atomic E-state index is -4.37. The molecule has 0 saturated carbocycles. The number of urea groups is 1. The Kier molecular flexibility index (Phi) is 6.26. The van der Waals surface area contributed by atoms with Crippen molar-refractivity contribution >= 4 is 11.7 Å². The van der Waals surface area contributed by atoms with Crippen molar-refractivity contribution in [3.8, 4) is 0 Å². The number of nitrogens with zero attached hydrogens (tertiary/aromatic N) is 3. The molecule has 1 aromatic carbocycles. The highest BCUT2D eigenvalue weighted by Gasteiger charge is 2.30. The van der Waals surface area contributed by atoms with E-state index in [1.54, 1.807) is 4.90 Å². The topological polar surface area (TPSA) is 38.8 Å². The number of piperazine rings is 1. The summed E-state index contributed by atoms with van der Waals surface area (Å²) in [6, 6.07) is 4.28. The van der Waals surface area contributed by atoms with E-state index >= 15 is 0 Å². The van der Waals surface area contributed by atoms with E-state index in [2.05, 4.69) is 22.2 Å². The quantitative estimate of drug-likeness (QED) is 0.870. The largest absolute Gasteiger partial charge is 0.416 e. The van der Waals surface area contributed by atoms with Gasteiger partial charge in [-0.15, -0.1) is 0 Å². The maximum atomic E-state index is 12.6. The molecule has 0 aliphatic carbocycles. The van der Waals surface area contributed by atoms with Gasteiger partial charge in [-0.25, -0.2) is 4.79 Å². The predicted molar refractivity (Wildman–Crippen MR) is 98.7 cm³/mol. The molecule has 2 aliphatic rings. The molecule has 3 rings (SSSR count). The third-order valence-electron chi connectivity index (χ3n) is 5.36. The van der Waals surface area contributed by atoms with Gasteiger partial charge < -0.3 is 15.1 Å². The van der Waals surface area contributed by atoms with Crippen LogP contribution >= 0.6 is 0 Å². The van der Waals surface area contributed by atoms with E-state index in [0.717, 1.165) is 38.3 Å². The number of hydrogen-bond acceptors (Lipinski definition) is 3. The van der Waals surface area contributed by atoms with Crippen LogP contribution in [0.25, 0.3) is 0 Å². The Bertz CT molecular complexity index is 627. The van der Waals surface area contributed by atoms with Gasteiger partial charge in [-0.05, 0) is 56.6 Å². The fraction of sp³-hybridized carbons (Fsp3) is 0.632. The Labute approximate surface area is 158 Å². The number of likely N-dealkylation sites (tertiary alicyclic amines) is 1. The molecule has 150 valence electrons. The summed E-state index contributed by atoms with van der Waals surface area (Å²) in [4.78, 5) is 18.9. The van der Waals surface area contributed by atoms with E-state index in [0.29, 0.717) is 24.7 Å². The second-order valence-electron chi connectivity index (χ2n) is 7.56. The first-order valence-electron chi connectivity index (χ1n) is 9.45. The lowest BCUT2D eigenvalue weighted by molar-refractivity contribution is -0.137. The van der Waals surface area contributed by atoms with Gasteiger partial charge in [0.1, 0.15) is 0 Å². The second kappa shape index (κ2) is 8.48. The first-order chi connectivity index (χ1) is 12.8. The Hall–Kier alpha value is -1.80. The van der Waals surface area contributed by atoms with Crippen LogP contribution in [0.2, 0.25) is 0 Å². The molecule has 2 amide bonds. The minimum absolute atomic E-state index is 0.258. The molecule has 0 radical (unpaired) electrons. The molecule has 0 spiro atoms. The number of halogens is 3. The molecule has 27 heavy (non-hydrogen) atoms. The fourth-order valence-corrected chi connectivity index (χ4v) is 3.87. The van der Waals surface area contributed by atoms with Crippen LogP contribution in [0.5, 0.6) is 0 Å². The molecule has 0 aromatic heterocycles. The van der Waals surface area contributed by atoms with Gasteiger partial charge in [0.15, 0.2) is 0 Å². The highest BCUT2D eigenvalue weighted by molar-refractivity contribution is 5.89. The van der Waals surface area contributed by atoms with Crippen LogP contribution in [-0.4, -0.2) is 73.6 Å². The van der Waals surface area contributed by atoms with Crippen LogP contribution in [0.1, 0.15) is 18.4 Å². The number of benzene rings is 1. The van der Waals surface area contributed by atoms with E-state index in [4.69, 9.17) is 0 Å². The van der Waals surface area contributed by atoms with Crippen molar-refractivity contribution in [1.29, 1.82) is 0 Å². The van der Waals surface area contributed by atoms with Gasteiger partial charge in [-0.3, -0.25) is 4.90 Å². The lowest BCUT2D eigenvalue weighted by Crippen LogP contribution is -2.51. The average molecular weight is 384 g/mol. The van der Waals surface area contributed by atoms with Crippen molar-refractivity contribution in [2.45, 2.75) is 19.0 Å². The molecule has 8 heteroatoms.